The lowest BCUT2D eigenvalue weighted by Gasteiger charge is -2.59. The lowest BCUT2D eigenvalue weighted by molar-refractivity contribution is -0.391. The van der Waals surface area contributed by atoms with Gasteiger partial charge in [0.05, 0.1) is 37.6 Å². The van der Waals surface area contributed by atoms with Crippen LogP contribution in [0.2, 0.25) is 0 Å². The smallest absolute Gasteiger partial charge is 0.187 e. The number of fused-ring (bicyclic) bond motifs is 7. The molecule has 18 heteroatoms. The standard InChI is InChI=1S/C45H73NO17/c1-18-12-29(49)45(46-15-18)19(2)30-26(63-45)14-25-23-7-6-21-13-22(8-10-43(21,4)24(23)9-11-44(25,30)5)58-38-33(52)28(17-48)60-42(61-37-32(51)27(16-47)59-40(56)36(37)55)39(38)62-41-35(54)34(53)31(50)20(3)57-41/h6,18-20,22-42,46-56H,7-17H2,1-5H3. The second-order valence-corrected chi connectivity index (χ2v) is 21.3. The molecule has 1 spiro atoms. The minimum atomic E-state index is -1.86. The van der Waals surface area contributed by atoms with Crippen LogP contribution in [0.25, 0.3) is 0 Å². The zero-order valence-corrected chi connectivity index (χ0v) is 37.0. The Bertz CT molecular complexity index is 1660. The molecule has 9 rings (SSSR count). The summed E-state index contributed by atoms with van der Waals surface area (Å²) in [7, 11) is 0. The topological polar surface area (TPSA) is 279 Å². The molecule has 18 nitrogen and oxygen atoms in total. The summed E-state index contributed by atoms with van der Waals surface area (Å²) in [5.41, 5.74) is 0.593. The average molecular weight is 900 g/mol. The van der Waals surface area contributed by atoms with Crippen LogP contribution in [-0.4, -0.2) is 187 Å². The highest BCUT2D eigenvalue weighted by atomic mass is 16.8. The lowest BCUT2D eigenvalue weighted by atomic mass is 9.46. The monoisotopic (exact) mass is 899 g/mol. The Labute approximate surface area is 368 Å². The first-order valence-electron chi connectivity index (χ1n) is 23.6. The molecule has 360 valence electrons. The van der Waals surface area contributed by atoms with E-state index >= 15 is 0 Å². The number of nitrogens with one attached hydrogen (secondary N) is 1. The molecule has 11 N–H and O–H groups in total. The molecular weight excluding hydrogens is 826 g/mol. The van der Waals surface area contributed by atoms with E-state index in [0.29, 0.717) is 42.4 Å². The fourth-order valence-corrected chi connectivity index (χ4v) is 14.4. The third-order valence-corrected chi connectivity index (χ3v) is 17.9. The van der Waals surface area contributed by atoms with Gasteiger partial charge in [0.1, 0.15) is 72.9 Å². The number of aliphatic hydroxyl groups excluding tert-OH is 10. The highest BCUT2D eigenvalue weighted by molar-refractivity contribution is 5.27. The van der Waals surface area contributed by atoms with Crippen LogP contribution < -0.4 is 5.32 Å². The molecule has 27 atom stereocenters. The molecule has 0 radical (unpaired) electrons. The minimum Gasteiger partial charge on any atom is -0.394 e. The molecular formula is C45H73NO17. The Morgan fingerprint density at radius 2 is 1.41 bits per heavy atom. The maximum Gasteiger partial charge on any atom is 0.187 e. The Morgan fingerprint density at radius 1 is 0.714 bits per heavy atom. The molecule has 8 fully saturated rings. The Hall–Kier alpha value is -0.980. The zero-order chi connectivity index (χ0) is 45.1. The summed E-state index contributed by atoms with van der Waals surface area (Å²) in [6.45, 7) is 10.2. The molecule has 0 aromatic rings. The number of aliphatic hydroxyl groups is 10. The Balaban J connectivity index is 0.948. The molecule has 27 unspecified atom stereocenters. The minimum absolute atomic E-state index is 0.0900. The van der Waals surface area contributed by atoms with Gasteiger partial charge >= 0.3 is 0 Å². The summed E-state index contributed by atoms with van der Waals surface area (Å²) >= 11 is 0. The van der Waals surface area contributed by atoms with Crippen molar-refractivity contribution in [3.05, 3.63) is 11.6 Å². The van der Waals surface area contributed by atoms with Crippen LogP contribution in [0.3, 0.4) is 0 Å². The van der Waals surface area contributed by atoms with Crippen LogP contribution in [-0.2, 0) is 33.2 Å². The molecule has 9 aliphatic rings. The van der Waals surface area contributed by atoms with Gasteiger partial charge in [0.2, 0.25) is 0 Å². The van der Waals surface area contributed by atoms with Crippen LogP contribution in [0.15, 0.2) is 11.6 Å². The van der Waals surface area contributed by atoms with Gasteiger partial charge in [-0.2, -0.15) is 0 Å². The number of piperidine rings is 1. The van der Waals surface area contributed by atoms with Crippen molar-refractivity contribution in [3.8, 4) is 0 Å². The summed E-state index contributed by atoms with van der Waals surface area (Å²) in [6, 6.07) is 0. The van der Waals surface area contributed by atoms with E-state index in [2.05, 4.69) is 39.1 Å². The molecule has 5 heterocycles. The summed E-state index contributed by atoms with van der Waals surface area (Å²) in [4.78, 5) is 0. The molecule has 4 aliphatic carbocycles. The number of rotatable bonds is 8. The first kappa shape index (κ1) is 47.1. The normalized spacial score (nSPS) is 58.1. The number of allylic oxidation sites excluding steroid dienone is 1. The van der Waals surface area contributed by atoms with Gasteiger partial charge in [-0.15, -0.1) is 0 Å². The molecule has 0 aromatic carbocycles. The predicted octanol–water partition coefficient (Wildman–Crippen LogP) is -1.24. The second-order valence-electron chi connectivity index (χ2n) is 21.3. The number of hydrogen-bond acceptors (Lipinski definition) is 18. The van der Waals surface area contributed by atoms with Gasteiger partial charge in [-0.3, -0.25) is 5.32 Å². The molecule has 3 saturated carbocycles. The maximum absolute atomic E-state index is 11.8. The van der Waals surface area contributed by atoms with Crippen LogP contribution in [0, 0.1) is 46.3 Å². The predicted molar refractivity (Wildman–Crippen MR) is 218 cm³/mol. The summed E-state index contributed by atoms with van der Waals surface area (Å²) in [5, 5.41) is 112. The van der Waals surface area contributed by atoms with Gasteiger partial charge < -0.3 is 84.2 Å². The van der Waals surface area contributed by atoms with E-state index in [-0.39, 0.29) is 22.9 Å². The van der Waals surface area contributed by atoms with Crippen LogP contribution in [0.4, 0.5) is 0 Å². The van der Waals surface area contributed by atoms with Crippen LogP contribution >= 0.6 is 0 Å². The van der Waals surface area contributed by atoms with E-state index in [1.807, 2.05) is 0 Å². The van der Waals surface area contributed by atoms with Gasteiger partial charge in [-0.25, -0.2) is 0 Å². The van der Waals surface area contributed by atoms with Crippen LogP contribution in [0.1, 0.15) is 86.0 Å². The number of ether oxygens (including phenoxy) is 7. The van der Waals surface area contributed by atoms with Gasteiger partial charge in [0, 0.05) is 12.5 Å². The van der Waals surface area contributed by atoms with Crippen molar-refractivity contribution < 1.29 is 84.2 Å². The summed E-state index contributed by atoms with van der Waals surface area (Å²) in [6.07, 6.45) is -14.9. The van der Waals surface area contributed by atoms with E-state index < -0.39 is 123 Å². The Morgan fingerprint density at radius 3 is 2.13 bits per heavy atom. The fourth-order valence-electron chi connectivity index (χ4n) is 14.4. The van der Waals surface area contributed by atoms with Gasteiger partial charge in [0.15, 0.2) is 18.9 Å². The van der Waals surface area contributed by atoms with Crippen molar-refractivity contribution in [1.82, 2.24) is 5.32 Å². The first-order chi connectivity index (χ1) is 29.9. The number of hydrogen-bond donors (Lipinski definition) is 11. The van der Waals surface area contributed by atoms with E-state index in [4.69, 9.17) is 33.2 Å². The molecule has 0 amide bonds. The van der Waals surface area contributed by atoms with Gasteiger partial charge in [-0.1, -0.05) is 39.3 Å². The van der Waals surface area contributed by atoms with Crippen molar-refractivity contribution in [2.75, 3.05) is 19.8 Å². The van der Waals surface area contributed by atoms with Crippen molar-refractivity contribution >= 4 is 0 Å². The van der Waals surface area contributed by atoms with Crippen molar-refractivity contribution in [2.45, 2.75) is 202 Å². The molecule has 5 saturated heterocycles. The SMILES string of the molecule is CC1CNC2(OC3CC4C5CC=C6CC(OC7C(O)C(CO)OC(OC8C(O)C(O)OC(CO)C8O)C7OC7OC(C)C(O)C(O)C7O)CCC6(C)C5CCC4(C)C3C2C)C(O)C1. The maximum atomic E-state index is 11.8. The van der Waals surface area contributed by atoms with Crippen molar-refractivity contribution in [2.24, 2.45) is 46.3 Å². The molecule has 0 aromatic heterocycles. The van der Waals surface area contributed by atoms with Crippen molar-refractivity contribution in [3.63, 3.8) is 0 Å². The molecule has 5 aliphatic heterocycles. The van der Waals surface area contributed by atoms with Gasteiger partial charge in [0.25, 0.3) is 0 Å². The third kappa shape index (κ3) is 7.62. The third-order valence-electron chi connectivity index (χ3n) is 17.9. The lowest BCUT2D eigenvalue weighted by Crippen LogP contribution is -2.67. The quantitative estimate of drug-likeness (QED) is 0.127. The van der Waals surface area contributed by atoms with E-state index in [9.17, 15) is 51.1 Å². The van der Waals surface area contributed by atoms with E-state index in [0.717, 1.165) is 45.1 Å². The zero-order valence-electron chi connectivity index (χ0n) is 37.0. The molecule has 63 heavy (non-hydrogen) atoms. The fraction of sp³-hybridized carbons (Fsp3) is 0.956. The van der Waals surface area contributed by atoms with E-state index in [1.165, 1.54) is 12.5 Å². The summed E-state index contributed by atoms with van der Waals surface area (Å²) < 4.78 is 43.1. The Kier molecular flexibility index (Phi) is 13.1. The summed E-state index contributed by atoms with van der Waals surface area (Å²) in [5.74, 6) is 2.35. The van der Waals surface area contributed by atoms with Crippen molar-refractivity contribution in [1.29, 1.82) is 0 Å². The van der Waals surface area contributed by atoms with Gasteiger partial charge in [-0.05, 0) is 98.7 Å². The van der Waals surface area contributed by atoms with E-state index in [1.54, 1.807) is 0 Å². The first-order valence-corrected chi connectivity index (χ1v) is 23.6. The van der Waals surface area contributed by atoms with Crippen LogP contribution in [0.5, 0.6) is 0 Å². The largest absolute Gasteiger partial charge is 0.394 e. The second kappa shape index (κ2) is 17.5. The highest BCUT2D eigenvalue weighted by Gasteiger charge is 2.70. The average Bonchev–Trinajstić information content (AvgIpc) is 3.71. The molecule has 0 bridgehead atoms. The highest BCUT2D eigenvalue weighted by Crippen LogP contribution is 2.70.